The molecule has 9 aromatic carbocycles. The molecular formula is C122H235N3. The summed E-state index contributed by atoms with van der Waals surface area (Å²) in [7, 11) is 0. The molecule has 0 amide bonds. The molecule has 0 saturated carbocycles. The highest BCUT2D eigenvalue weighted by Gasteiger charge is 2.32. The van der Waals surface area contributed by atoms with Gasteiger partial charge in [-0.2, -0.15) is 0 Å². The van der Waals surface area contributed by atoms with Gasteiger partial charge in [0.25, 0.3) is 0 Å². The molecule has 6 heterocycles. The Bertz CT molecular complexity index is 3150. The zero-order valence-corrected chi connectivity index (χ0v) is 88.0. The van der Waals surface area contributed by atoms with Crippen LogP contribution in [0.5, 0.6) is 0 Å². The summed E-state index contributed by atoms with van der Waals surface area (Å²) in [5.74, 6) is 0. The minimum Gasteiger partial charge on any atom is -0.309 e. The van der Waals surface area contributed by atoms with Crippen LogP contribution in [0, 0.1) is 36.4 Å². The quantitative estimate of drug-likeness (QED) is 0.150. The minimum absolute atomic E-state index is 0. The highest BCUT2D eigenvalue weighted by molar-refractivity contribution is 6.11. The highest BCUT2D eigenvalue weighted by atomic mass is 15.2. The molecule has 3 heteroatoms. The lowest BCUT2D eigenvalue weighted by Crippen LogP contribution is -2.24. The first kappa shape index (κ1) is 182. The molecule has 0 fully saturated rings. The van der Waals surface area contributed by atoms with Gasteiger partial charge in [0.05, 0.1) is 33.8 Å². The van der Waals surface area contributed by atoms with Crippen LogP contribution >= 0.6 is 0 Å². The summed E-state index contributed by atoms with van der Waals surface area (Å²) in [6.07, 6.45) is 4.93. The van der Waals surface area contributed by atoms with Crippen molar-refractivity contribution in [1.29, 1.82) is 0 Å². The highest BCUT2D eigenvalue weighted by Crippen LogP contribution is 2.51. The zero-order valence-electron chi connectivity index (χ0n) is 88.0. The van der Waals surface area contributed by atoms with Crippen LogP contribution in [0.3, 0.4) is 0 Å². The van der Waals surface area contributed by atoms with Gasteiger partial charge in [0.15, 0.2) is 0 Å². The summed E-state index contributed by atoms with van der Waals surface area (Å²) in [4.78, 5) is 4.82. The molecule has 5 aliphatic heterocycles. The lowest BCUT2D eigenvalue weighted by Gasteiger charge is -2.38. The Morgan fingerprint density at radius 1 is 0.184 bits per heavy atom. The number of hydrogen-bond acceptors (Lipinski definition) is 2. The predicted molar refractivity (Wildman–Crippen MR) is 617 cm³/mol. The second kappa shape index (κ2) is 147. The first-order valence-electron chi connectivity index (χ1n) is 48.5. The number of benzene rings is 6. The topological polar surface area (TPSA) is 11.4 Å². The Labute approximate surface area is 799 Å². The smallest absolute Gasteiger partial charge is 0.0622 e. The molecule has 5 aliphatic rings. The molecule has 0 unspecified atom stereocenters. The predicted octanol–water partition coefficient (Wildman–Crippen LogP) is 46.9. The molecule has 0 saturated heterocycles. The molecule has 0 aliphatic carbocycles. The van der Waals surface area contributed by atoms with Crippen LogP contribution in [0.4, 0.5) is 34.1 Å². The summed E-state index contributed by atoms with van der Waals surface area (Å²) in [6, 6.07) is 77.3. The van der Waals surface area contributed by atoms with E-state index in [1.807, 2.05) is 374 Å². The standard InChI is InChI=1S/2C20H13N.C19H11N.27C2H6.9CH4/c2*1-3-10-18-14(6-1)12-16-8-5-9-17-13-15-7-2-4-11-19(15)21(18)20(16)17;1-3-10-17-13(6-1)12-14-7-5-9-16-15-8-2-4-11-18(15)20(17)19(14)16;27*1-2;;;;;;;;;/h1,3,5-11H,12-13H2;1-4,6-8,10-11H,12-13H2;2,4-11H,12H2;27*1-2H3;9*1H4. The first-order valence-corrected chi connectivity index (χ1v) is 48.5. The summed E-state index contributed by atoms with van der Waals surface area (Å²) in [6.45, 7) is 108. The van der Waals surface area contributed by atoms with Crippen LogP contribution < -0.4 is 9.80 Å². The average Bonchev–Trinajstić information content (AvgIpc) is 1.71. The van der Waals surface area contributed by atoms with Crippen molar-refractivity contribution in [3.63, 3.8) is 0 Å². The van der Waals surface area contributed by atoms with E-state index in [4.69, 9.17) is 0 Å². The van der Waals surface area contributed by atoms with Crippen molar-refractivity contribution < 1.29 is 0 Å². The fourth-order valence-electron chi connectivity index (χ4n) is 10.7. The fourth-order valence-corrected chi connectivity index (χ4v) is 10.7. The SMILES string of the molecule is C.C.C.C.C.C.C.C.C.CC.CC.CC.CC.CC.CC.CC.CC.CC.CC.CC.CC.CC.CC.CC.CC.CC.CC.CC.CC.CC.CC.CC.CC.CC.CC.CC.c1cc2c(cc#1)-n1c3ccccc3c3cccc(c31)C2.c1cc2c(cc#1)N1c3ccccc3Cc3cccc(c31)C2.c1cc2c3c(c#1)Cc1ccccc1N3c1ccccc1C2. The van der Waals surface area contributed by atoms with Gasteiger partial charge < -0.3 is 14.4 Å². The van der Waals surface area contributed by atoms with Crippen molar-refractivity contribution in [2.45, 2.75) is 473 Å². The van der Waals surface area contributed by atoms with Gasteiger partial charge in [-0.05, 0) is 92.5 Å². The number of anilines is 6. The third-order valence-electron chi connectivity index (χ3n) is 13.3. The lowest BCUT2D eigenvalue weighted by molar-refractivity contribution is 1.01. The van der Waals surface area contributed by atoms with E-state index in [-0.39, 0.29) is 66.8 Å². The lowest BCUT2D eigenvalue weighted by atomic mass is 9.87. The van der Waals surface area contributed by atoms with E-state index < -0.39 is 0 Å². The summed E-state index contributed by atoms with van der Waals surface area (Å²) >= 11 is 0. The van der Waals surface area contributed by atoms with Gasteiger partial charge in [0.2, 0.25) is 0 Å². The number of para-hydroxylation sites is 6. The van der Waals surface area contributed by atoms with Crippen molar-refractivity contribution in [2.24, 2.45) is 0 Å². The second-order valence-electron chi connectivity index (χ2n) is 16.8. The monoisotopic (exact) mass is 1740 g/mol. The van der Waals surface area contributed by atoms with E-state index in [0.29, 0.717) is 0 Å². The molecule has 738 valence electrons. The third kappa shape index (κ3) is 58.8. The molecule has 0 N–H and O–H groups in total. The van der Waals surface area contributed by atoms with E-state index >= 15 is 0 Å². The van der Waals surface area contributed by atoms with Crippen LogP contribution in [-0.4, -0.2) is 4.57 Å². The van der Waals surface area contributed by atoms with Crippen LogP contribution in [0.15, 0.2) is 164 Å². The van der Waals surface area contributed by atoms with Gasteiger partial charge in [0, 0.05) is 77.6 Å². The molecule has 3 nitrogen and oxygen atoms in total. The largest absolute Gasteiger partial charge is 0.309 e. The van der Waals surface area contributed by atoms with Crippen molar-refractivity contribution in [3.8, 4) is 5.69 Å². The Morgan fingerprint density at radius 2 is 0.424 bits per heavy atom. The number of rotatable bonds is 0. The van der Waals surface area contributed by atoms with Gasteiger partial charge >= 0.3 is 0 Å². The van der Waals surface area contributed by atoms with E-state index in [0.717, 1.165) is 32.1 Å². The van der Waals surface area contributed by atoms with Crippen LogP contribution in [0.2, 0.25) is 0 Å². The maximum Gasteiger partial charge on any atom is 0.0622 e. The Morgan fingerprint density at radius 3 is 0.792 bits per heavy atom. The second-order valence-corrected chi connectivity index (χ2v) is 16.8. The normalized spacial score (nSPS) is 7.92. The molecular weight excluding hydrogens is 1510 g/mol. The minimum atomic E-state index is 0. The fraction of sp³-hybridized carbons (Fsp3) is 0.557. The first-order chi connectivity index (χ1) is 57.8. The molecule has 125 heavy (non-hydrogen) atoms. The molecule has 0 atom stereocenters. The van der Waals surface area contributed by atoms with Gasteiger partial charge in [-0.15, -0.1) is 0 Å². The number of aromatic nitrogens is 1. The van der Waals surface area contributed by atoms with Crippen LogP contribution in [0.25, 0.3) is 27.5 Å². The average molecular weight is 1740 g/mol. The van der Waals surface area contributed by atoms with E-state index in [1.165, 1.54) is 117 Å². The van der Waals surface area contributed by atoms with Crippen molar-refractivity contribution in [1.82, 2.24) is 4.57 Å². The Kier molecular flexibility index (Phi) is 214. The third-order valence-corrected chi connectivity index (χ3v) is 13.3. The summed E-state index contributed by atoms with van der Waals surface area (Å²) < 4.78 is 2.38. The van der Waals surface area contributed by atoms with E-state index in [9.17, 15) is 0 Å². The van der Waals surface area contributed by atoms with Gasteiger partial charge in [-0.25, -0.2) is 0 Å². The maximum absolute atomic E-state index is 3.33. The molecule has 1 aromatic heterocycles. The van der Waals surface area contributed by atoms with Crippen molar-refractivity contribution in [3.05, 3.63) is 256 Å². The van der Waals surface area contributed by atoms with Crippen LogP contribution in [0.1, 0.15) is 496 Å². The molecule has 0 bridgehead atoms. The molecule has 0 radical (unpaired) electrons. The van der Waals surface area contributed by atoms with E-state index in [2.05, 4.69) is 215 Å². The van der Waals surface area contributed by atoms with Crippen molar-refractivity contribution >= 4 is 55.9 Å². The summed E-state index contributed by atoms with van der Waals surface area (Å²) in [5.41, 5.74) is 25.4. The van der Waals surface area contributed by atoms with Gasteiger partial charge in [-0.3, -0.25) is 0 Å². The van der Waals surface area contributed by atoms with Crippen molar-refractivity contribution in [2.75, 3.05) is 9.80 Å². The zero-order chi connectivity index (χ0) is 94.7. The number of hydrogen-bond donors (Lipinski definition) is 0. The summed E-state index contributed by atoms with van der Waals surface area (Å²) in [5, 5.41) is 2.67. The van der Waals surface area contributed by atoms with Gasteiger partial charge in [0.1, 0.15) is 0 Å². The molecule has 15 rings (SSSR count). The Balaban J connectivity index is -0.0000000426. The number of nitrogens with zero attached hydrogens (tertiary/aromatic N) is 3. The maximum atomic E-state index is 3.33. The Hall–Kier alpha value is -8.16. The van der Waals surface area contributed by atoms with Crippen LogP contribution in [-0.2, 0) is 32.1 Å². The van der Waals surface area contributed by atoms with E-state index in [1.54, 1.807) is 0 Å². The molecule has 10 aromatic rings. The molecule has 0 spiro atoms. The number of fused-ring (bicyclic) bond motifs is 13. The van der Waals surface area contributed by atoms with Gasteiger partial charge in [-0.1, -0.05) is 586 Å².